The second-order valence-corrected chi connectivity index (χ2v) is 9.75. The minimum absolute atomic E-state index is 0. The molecule has 3 aliphatic carbocycles. The van der Waals surface area contributed by atoms with Gasteiger partial charge in [0.1, 0.15) is 22.8 Å². The number of hydrogen-bond acceptors (Lipinski definition) is 9. The molecule has 1 fully saturated rings. The van der Waals surface area contributed by atoms with Crippen LogP contribution in [0.2, 0.25) is 0 Å². The number of fused-ring (bicyclic) bond motifs is 3. The van der Waals surface area contributed by atoms with E-state index in [4.69, 9.17) is 5.73 Å². The number of phenols is 1. The van der Waals surface area contributed by atoms with E-state index < -0.39 is 58.0 Å². The molecule has 0 spiro atoms. The van der Waals surface area contributed by atoms with Gasteiger partial charge in [0.05, 0.1) is 11.6 Å². The average molecular weight is 508 g/mol. The number of primary amides is 1. The van der Waals surface area contributed by atoms with Crippen LogP contribution in [0.1, 0.15) is 31.4 Å². The highest BCUT2D eigenvalue weighted by Crippen LogP contribution is 2.53. The summed E-state index contributed by atoms with van der Waals surface area (Å²) in [6.45, 7) is 3.88. The Bertz CT molecular complexity index is 1190. The summed E-state index contributed by atoms with van der Waals surface area (Å²) < 4.78 is 0. The molecule has 0 saturated heterocycles. The van der Waals surface area contributed by atoms with Crippen LogP contribution in [0.5, 0.6) is 5.75 Å². The first kappa shape index (κ1) is 26.5. The van der Waals surface area contributed by atoms with Crippen molar-refractivity contribution in [3.8, 4) is 5.75 Å². The number of ketones is 2. The average Bonchev–Trinajstić information content (AvgIpc) is 2.72. The van der Waals surface area contributed by atoms with Gasteiger partial charge in [-0.2, -0.15) is 0 Å². The van der Waals surface area contributed by atoms with Crippen molar-refractivity contribution in [2.75, 3.05) is 19.4 Å². The van der Waals surface area contributed by atoms with E-state index in [9.17, 15) is 34.8 Å². The summed E-state index contributed by atoms with van der Waals surface area (Å²) in [4.78, 5) is 40.3. The fourth-order valence-electron chi connectivity index (χ4n) is 5.69. The number of nitrogens with zero attached hydrogens (tertiary/aromatic N) is 1. The van der Waals surface area contributed by atoms with Crippen LogP contribution in [0.4, 0.5) is 5.69 Å². The molecule has 0 aliphatic heterocycles. The molecule has 3 unspecified atom stereocenters. The normalized spacial score (nSPS) is 27.9. The molecule has 4 rings (SSSR count). The number of aliphatic hydroxyl groups excluding tert-OH is 2. The number of benzene rings is 1. The maximum Gasteiger partial charge on any atom is 0.255 e. The van der Waals surface area contributed by atoms with Crippen molar-refractivity contribution < 1.29 is 34.8 Å². The first-order chi connectivity index (χ1) is 15.8. The molecule has 10 nitrogen and oxygen atoms in total. The van der Waals surface area contributed by atoms with Gasteiger partial charge in [0.2, 0.25) is 5.78 Å². The lowest BCUT2D eigenvalue weighted by molar-refractivity contribution is -0.153. The van der Waals surface area contributed by atoms with E-state index in [0.29, 0.717) is 11.3 Å². The Kier molecular flexibility index (Phi) is 6.71. The number of likely N-dealkylation sites (N-methyl/N-ethyl adjacent to an activating group) is 1. The van der Waals surface area contributed by atoms with E-state index in [1.54, 1.807) is 20.2 Å². The zero-order valence-electron chi connectivity index (χ0n) is 19.8. The summed E-state index contributed by atoms with van der Waals surface area (Å²) >= 11 is 0. The number of amides is 1. The zero-order chi connectivity index (χ0) is 25.3. The molecule has 1 aromatic carbocycles. The molecular formula is C24H30ClN3O7. The Morgan fingerprint density at radius 1 is 1.20 bits per heavy atom. The smallest absolute Gasteiger partial charge is 0.255 e. The number of Topliss-reactive ketones (excluding diaryl/α,β-unsaturated/α-hetero) is 2. The van der Waals surface area contributed by atoms with Crippen LogP contribution < -0.4 is 11.1 Å². The molecule has 35 heavy (non-hydrogen) atoms. The number of nitrogens with two attached hydrogens (primary N) is 1. The monoisotopic (exact) mass is 507 g/mol. The third-order valence-electron chi connectivity index (χ3n) is 7.05. The molecular weight excluding hydrogens is 478 g/mol. The Hall–Kier alpha value is -3.08. The summed E-state index contributed by atoms with van der Waals surface area (Å²) in [6, 6.07) is 2.04. The van der Waals surface area contributed by atoms with Crippen molar-refractivity contribution in [2.24, 2.45) is 17.6 Å². The second kappa shape index (κ2) is 8.85. The standard InChI is InChI=1S/C24H29N3O7.ClH/c1-9(2)26-13-5-6-14(28)16-11(13)7-10-8-12-18(27(3)4)20(30)17(23(25)33)22(32)24(12,34)21(31)15(10)19(16)29;/h5-6,9-10,12,18,26,28-29,32,34H,7-8H2,1-4H3,(H2,25,33);1H/t10?,12?,18-,24?;/m0./s1. The summed E-state index contributed by atoms with van der Waals surface area (Å²) in [5, 5.41) is 47.3. The van der Waals surface area contributed by atoms with Crippen LogP contribution in [0.15, 0.2) is 29.0 Å². The molecule has 190 valence electrons. The topological polar surface area (TPSA) is 173 Å². The SMILES string of the molecule is CC(C)Nc1ccc(O)c2c1CC1CC3[C@H](N(C)C)C(=O)C(C(N)=O)=C(O)C3(O)C(=O)C1=C2O.Cl. The van der Waals surface area contributed by atoms with Crippen LogP contribution in [0.3, 0.4) is 0 Å². The number of halogens is 1. The molecule has 4 atom stereocenters. The number of rotatable bonds is 4. The van der Waals surface area contributed by atoms with Gasteiger partial charge in [-0.3, -0.25) is 19.3 Å². The van der Waals surface area contributed by atoms with Gasteiger partial charge < -0.3 is 31.5 Å². The van der Waals surface area contributed by atoms with E-state index in [1.165, 1.54) is 11.0 Å². The minimum Gasteiger partial charge on any atom is -0.508 e. The number of hydrogen-bond donors (Lipinski definition) is 6. The largest absolute Gasteiger partial charge is 0.508 e. The van der Waals surface area contributed by atoms with Crippen molar-refractivity contribution in [1.29, 1.82) is 0 Å². The van der Waals surface area contributed by atoms with E-state index in [1.807, 2.05) is 13.8 Å². The van der Waals surface area contributed by atoms with Crippen molar-refractivity contribution in [2.45, 2.75) is 44.4 Å². The van der Waals surface area contributed by atoms with Crippen LogP contribution >= 0.6 is 12.4 Å². The quantitative estimate of drug-likeness (QED) is 0.258. The van der Waals surface area contributed by atoms with Gasteiger partial charge >= 0.3 is 0 Å². The molecule has 0 radical (unpaired) electrons. The van der Waals surface area contributed by atoms with Gasteiger partial charge in [-0.1, -0.05) is 0 Å². The number of aliphatic hydroxyl groups is 3. The van der Waals surface area contributed by atoms with Crippen molar-refractivity contribution in [3.63, 3.8) is 0 Å². The molecule has 0 bridgehead atoms. The molecule has 0 heterocycles. The molecule has 11 heteroatoms. The van der Waals surface area contributed by atoms with Crippen molar-refractivity contribution in [1.82, 2.24) is 4.90 Å². The Morgan fingerprint density at radius 3 is 2.37 bits per heavy atom. The van der Waals surface area contributed by atoms with Crippen LogP contribution in [-0.2, 0) is 20.8 Å². The maximum atomic E-state index is 13.7. The number of aromatic hydroxyl groups is 1. The summed E-state index contributed by atoms with van der Waals surface area (Å²) in [5.41, 5.74) is 3.06. The third-order valence-corrected chi connectivity index (χ3v) is 7.05. The third kappa shape index (κ3) is 3.67. The maximum absolute atomic E-state index is 13.7. The van der Waals surface area contributed by atoms with E-state index >= 15 is 0 Å². The molecule has 1 amide bonds. The van der Waals surface area contributed by atoms with Gasteiger partial charge in [-0.25, -0.2) is 0 Å². The lowest BCUT2D eigenvalue weighted by Crippen LogP contribution is -2.65. The van der Waals surface area contributed by atoms with Crippen LogP contribution in [0.25, 0.3) is 5.76 Å². The van der Waals surface area contributed by atoms with Gasteiger partial charge in [0.15, 0.2) is 11.4 Å². The Balaban J connectivity index is 0.00000342. The van der Waals surface area contributed by atoms with E-state index in [0.717, 1.165) is 0 Å². The highest BCUT2D eigenvalue weighted by molar-refractivity contribution is 6.24. The molecule has 1 saturated carbocycles. The molecule has 1 aromatic rings. The minimum atomic E-state index is -2.63. The second-order valence-electron chi connectivity index (χ2n) is 9.75. The summed E-state index contributed by atoms with van der Waals surface area (Å²) in [7, 11) is 3.13. The first-order valence-corrected chi connectivity index (χ1v) is 11.1. The predicted octanol–water partition coefficient (Wildman–Crippen LogP) is 1.21. The van der Waals surface area contributed by atoms with Gasteiger partial charge in [0, 0.05) is 23.2 Å². The molecule has 0 aromatic heterocycles. The molecule has 3 aliphatic rings. The first-order valence-electron chi connectivity index (χ1n) is 11.1. The summed E-state index contributed by atoms with van der Waals surface area (Å²) in [5.74, 6) is -6.57. The Labute approximate surface area is 208 Å². The lowest BCUT2D eigenvalue weighted by atomic mass is 9.57. The highest BCUT2D eigenvalue weighted by atomic mass is 35.5. The zero-order valence-corrected chi connectivity index (χ0v) is 20.6. The number of carbonyl (C=O) groups is 3. The van der Waals surface area contributed by atoms with Crippen molar-refractivity contribution in [3.05, 3.63) is 40.2 Å². The Morgan fingerprint density at radius 2 is 1.83 bits per heavy atom. The van der Waals surface area contributed by atoms with E-state index in [-0.39, 0.29) is 48.2 Å². The number of anilines is 1. The highest BCUT2D eigenvalue weighted by Gasteiger charge is 2.64. The van der Waals surface area contributed by atoms with Crippen LogP contribution in [-0.4, -0.2) is 74.6 Å². The van der Waals surface area contributed by atoms with Gasteiger partial charge in [-0.05, 0) is 64.4 Å². The van der Waals surface area contributed by atoms with Crippen LogP contribution in [0, 0.1) is 11.8 Å². The summed E-state index contributed by atoms with van der Waals surface area (Å²) in [6.07, 6.45) is 0.306. The number of carbonyl (C=O) groups excluding carboxylic acids is 3. The predicted molar refractivity (Wildman–Crippen MR) is 130 cm³/mol. The number of nitrogens with one attached hydrogen (secondary N) is 1. The fraction of sp³-hybridized carbons (Fsp3) is 0.458. The van der Waals surface area contributed by atoms with Gasteiger partial charge in [-0.15, -0.1) is 12.4 Å². The number of phenolic OH excluding ortho intramolecular Hbond substituents is 1. The molecule has 7 N–H and O–H groups in total. The lowest BCUT2D eigenvalue weighted by Gasteiger charge is -2.50. The van der Waals surface area contributed by atoms with Crippen molar-refractivity contribution >= 4 is 41.3 Å². The van der Waals surface area contributed by atoms with Gasteiger partial charge in [0.25, 0.3) is 5.91 Å². The fourth-order valence-corrected chi connectivity index (χ4v) is 5.69. The van der Waals surface area contributed by atoms with E-state index in [2.05, 4.69) is 5.32 Å².